The van der Waals surface area contributed by atoms with E-state index in [0.717, 1.165) is 10.9 Å². The lowest BCUT2D eigenvalue weighted by Crippen LogP contribution is -2.20. The molecule has 3 N–H and O–H groups in total. The van der Waals surface area contributed by atoms with E-state index in [0.29, 0.717) is 33.7 Å². The number of hydrogen-bond acceptors (Lipinski definition) is 5. The zero-order chi connectivity index (χ0) is 24.1. The molecule has 5 aromatic rings. The van der Waals surface area contributed by atoms with Crippen LogP contribution < -0.4 is 4.72 Å². The minimum atomic E-state index is -3.79. The largest absolute Gasteiger partial charge is 0.361 e. The number of sulfonamides is 1. The zero-order valence-electron chi connectivity index (χ0n) is 18.9. The molecule has 0 aliphatic heterocycles. The topological polar surface area (TPSA) is 121 Å². The maximum absolute atomic E-state index is 13.0. The van der Waals surface area contributed by atoms with Gasteiger partial charge in [0.1, 0.15) is 5.52 Å². The Labute approximate surface area is 196 Å². The summed E-state index contributed by atoms with van der Waals surface area (Å²) in [6.07, 6.45) is 4.98. The van der Waals surface area contributed by atoms with E-state index in [1.54, 1.807) is 55.0 Å². The van der Waals surface area contributed by atoms with Crippen LogP contribution in [-0.4, -0.2) is 34.1 Å². The number of aromatic nitrogens is 4. The molecular weight excluding hydrogens is 450 g/mol. The van der Waals surface area contributed by atoms with Crippen molar-refractivity contribution in [2.24, 2.45) is 5.41 Å². The van der Waals surface area contributed by atoms with Gasteiger partial charge in [-0.05, 0) is 30.3 Å². The smallest absolute Gasteiger partial charge is 0.261 e. The number of nitrogens with one attached hydrogen (secondary N) is 3. The number of hydrogen-bond donors (Lipinski definition) is 3. The third-order valence-corrected chi connectivity index (χ3v) is 6.95. The Bertz CT molecular complexity index is 1640. The number of ketones is 1. The summed E-state index contributed by atoms with van der Waals surface area (Å²) in [5.74, 6) is -0.0404. The molecule has 0 spiro atoms. The number of rotatable bonds is 5. The maximum atomic E-state index is 13.0. The summed E-state index contributed by atoms with van der Waals surface area (Å²) in [4.78, 5) is 28.4. The molecule has 172 valence electrons. The molecule has 34 heavy (non-hydrogen) atoms. The van der Waals surface area contributed by atoms with Crippen LogP contribution in [0.4, 0.5) is 5.69 Å². The van der Waals surface area contributed by atoms with Gasteiger partial charge in [0.05, 0.1) is 28.0 Å². The summed E-state index contributed by atoms with van der Waals surface area (Å²) in [5, 5.41) is 0.725. The number of carbonyl (C=O) groups excluding carboxylic acids is 1. The first-order chi connectivity index (χ1) is 16.1. The summed E-state index contributed by atoms with van der Waals surface area (Å²) in [6.45, 7) is 5.57. The Morgan fingerprint density at radius 3 is 2.53 bits per heavy atom. The second-order valence-corrected chi connectivity index (χ2v) is 10.8. The lowest BCUT2D eigenvalue weighted by Gasteiger charge is -2.15. The van der Waals surface area contributed by atoms with Gasteiger partial charge in [0, 0.05) is 34.3 Å². The molecule has 0 saturated carbocycles. The molecule has 0 aliphatic carbocycles. The molecule has 0 saturated heterocycles. The summed E-state index contributed by atoms with van der Waals surface area (Å²) in [7, 11) is -3.79. The molecule has 0 aliphatic rings. The molecule has 2 aromatic carbocycles. The molecule has 5 rings (SSSR count). The van der Waals surface area contributed by atoms with E-state index in [1.165, 1.54) is 0 Å². The Balaban J connectivity index is 1.62. The third-order valence-electron chi connectivity index (χ3n) is 5.57. The molecule has 0 bridgehead atoms. The normalized spacial score (nSPS) is 12.3. The van der Waals surface area contributed by atoms with E-state index in [2.05, 4.69) is 19.7 Å². The quantitative estimate of drug-likeness (QED) is 0.305. The minimum absolute atomic E-state index is 0.0404. The van der Waals surface area contributed by atoms with Crippen molar-refractivity contribution < 1.29 is 13.2 Å². The van der Waals surface area contributed by atoms with E-state index in [4.69, 9.17) is 4.98 Å². The predicted molar refractivity (Wildman–Crippen MR) is 132 cm³/mol. The molecule has 0 unspecified atom stereocenters. The number of nitrogens with zero attached hydrogens (tertiary/aromatic N) is 2. The molecule has 0 amide bonds. The third kappa shape index (κ3) is 3.84. The lowest BCUT2D eigenvalue weighted by molar-refractivity contribution is 0.0860. The molecule has 8 nitrogen and oxygen atoms in total. The summed E-state index contributed by atoms with van der Waals surface area (Å²) in [6, 6.07) is 13.6. The highest BCUT2D eigenvalue weighted by atomic mass is 32.2. The van der Waals surface area contributed by atoms with E-state index < -0.39 is 15.4 Å². The van der Waals surface area contributed by atoms with E-state index >= 15 is 0 Å². The first-order valence-electron chi connectivity index (χ1n) is 10.7. The maximum Gasteiger partial charge on any atom is 0.261 e. The average molecular weight is 474 g/mol. The zero-order valence-corrected chi connectivity index (χ0v) is 19.7. The van der Waals surface area contributed by atoms with Crippen LogP contribution in [-0.2, 0) is 10.0 Å². The summed E-state index contributed by atoms with van der Waals surface area (Å²) in [5.41, 5.74) is 3.24. The van der Waals surface area contributed by atoms with Gasteiger partial charge in [-0.1, -0.05) is 39.0 Å². The second-order valence-electron chi connectivity index (χ2n) is 9.12. The number of carbonyl (C=O) groups is 1. The standard InChI is InChI=1S/C25H23N5O3S/c1-25(2,3)23(31)18-13-27-24-22(18)29-21(14-28-24)15-11-19-17(9-10-26-19)20(12-15)30-34(32,33)16-7-5-4-6-8-16/h4-14,26,30H,1-3H3,(H,27,28). The number of aromatic amines is 2. The number of fused-ring (bicyclic) bond motifs is 2. The van der Waals surface area contributed by atoms with Gasteiger partial charge < -0.3 is 9.97 Å². The van der Waals surface area contributed by atoms with Gasteiger partial charge in [0.2, 0.25) is 0 Å². The Kier molecular flexibility index (Phi) is 5.02. The monoisotopic (exact) mass is 473 g/mol. The highest BCUT2D eigenvalue weighted by Crippen LogP contribution is 2.32. The molecule has 3 aromatic heterocycles. The van der Waals surface area contributed by atoms with Crippen LogP contribution in [0.1, 0.15) is 31.1 Å². The number of anilines is 1. The van der Waals surface area contributed by atoms with Crippen LogP contribution in [0.15, 0.2) is 72.0 Å². The molecule has 0 atom stereocenters. The van der Waals surface area contributed by atoms with Crippen molar-refractivity contribution in [1.82, 2.24) is 19.9 Å². The van der Waals surface area contributed by atoms with E-state index in [-0.39, 0.29) is 10.7 Å². The Morgan fingerprint density at radius 1 is 1.03 bits per heavy atom. The summed E-state index contributed by atoms with van der Waals surface area (Å²) >= 11 is 0. The minimum Gasteiger partial charge on any atom is -0.361 e. The van der Waals surface area contributed by atoms with Gasteiger partial charge in [0.15, 0.2) is 11.4 Å². The van der Waals surface area contributed by atoms with Crippen molar-refractivity contribution >= 4 is 43.6 Å². The van der Waals surface area contributed by atoms with Crippen LogP contribution >= 0.6 is 0 Å². The fourth-order valence-electron chi connectivity index (χ4n) is 3.81. The van der Waals surface area contributed by atoms with Crippen LogP contribution in [0.25, 0.3) is 33.3 Å². The van der Waals surface area contributed by atoms with Crippen LogP contribution in [0.2, 0.25) is 0 Å². The van der Waals surface area contributed by atoms with Crippen LogP contribution in [0.5, 0.6) is 0 Å². The average Bonchev–Trinajstić information content (AvgIpc) is 3.45. The summed E-state index contributed by atoms with van der Waals surface area (Å²) < 4.78 is 28.7. The van der Waals surface area contributed by atoms with Crippen molar-refractivity contribution in [3.8, 4) is 11.3 Å². The first kappa shape index (κ1) is 21.8. The van der Waals surface area contributed by atoms with E-state index in [1.807, 2.05) is 32.9 Å². The molecule has 3 heterocycles. The van der Waals surface area contributed by atoms with Gasteiger partial charge in [-0.2, -0.15) is 0 Å². The van der Waals surface area contributed by atoms with Gasteiger partial charge >= 0.3 is 0 Å². The Hall–Kier alpha value is -3.98. The van der Waals surface area contributed by atoms with Crippen molar-refractivity contribution in [1.29, 1.82) is 0 Å². The number of H-pyrrole nitrogens is 2. The molecule has 0 fully saturated rings. The molecule has 0 radical (unpaired) electrons. The second kappa shape index (κ2) is 7.81. The molecular formula is C25H23N5O3S. The van der Waals surface area contributed by atoms with Crippen LogP contribution in [0, 0.1) is 5.41 Å². The van der Waals surface area contributed by atoms with Crippen molar-refractivity contribution in [2.45, 2.75) is 25.7 Å². The van der Waals surface area contributed by atoms with Crippen molar-refractivity contribution in [2.75, 3.05) is 4.72 Å². The van der Waals surface area contributed by atoms with Crippen molar-refractivity contribution in [3.63, 3.8) is 0 Å². The van der Waals surface area contributed by atoms with Gasteiger partial charge in [-0.3, -0.25) is 9.52 Å². The van der Waals surface area contributed by atoms with Gasteiger partial charge in [0.25, 0.3) is 10.0 Å². The number of Topliss-reactive ketones (excluding diaryl/α,β-unsaturated/α-hetero) is 1. The van der Waals surface area contributed by atoms with Crippen molar-refractivity contribution in [3.05, 3.63) is 72.7 Å². The van der Waals surface area contributed by atoms with Crippen LogP contribution in [0.3, 0.4) is 0 Å². The highest BCUT2D eigenvalue weighted by Gasteiger charge is 2.26. The fraction of sp³-hybridized carbons (Fsp3) is 0.160. The number of benzene rings is 2. The SMILES string of the molecule is CC(C)(C)C(=O)c1c[nH]c2ncc(-c3cc(NS(=O)(=O)c4ccccc4)c4cc[nH]c4c3)nc12. The fourth-order valence-corrected chi connectivity index (χ4v) is 4.90. The predicted octanol–water partition coefficient (Wildman–Crippen LogP) is 5.14. The molecule has 9 heteroatoms. The Morgan fingerprint density at radius 2 is 1.79 bits per heavy atom. The first-order valence-corrected chi connectivity index (χ1v) is 12.2. The highest BCUT2D eigenvalue weighted by molar-refractivity contribution is 7.92. The van der Waals surface area contributed by atoms with E-state index in [9.17, 15) is 13.2 Å². The lowest BCUT2D eigenvalue weighted by atomic mass is 9.87. The van der Waals surface area contributed by atoms with Gasteiger partial charge in [-0.25, -0.2) is 18.4 Å². The van der Waals surface area contributed by atoms with Gasteiger partial charge in [-0.15, -0.1) is 0 Å².